The van der Waals surface area contributed by atoms with Crippen LogP contribution in [0.3, 0.4) is 0 Å². The molecule has 1 N–H and O–H groups in total. The monoisotopic (exact) mass is 405 g/mol. The van der Waals surface area contributed by atoms with Crippen molar-refractivity contribution in [3.63, 3.8) is 0 Å². The Hall–Kier alpha value is -2.17. The molecule has 1 fully saturated rings. The largest absolute Gasteiger partial charge is 0.352 e. The van der Waals surface area contributed by atoms with Crippen LogP contribution in [0.15, 0.2) is 48.5 Å². The van der Waals surface area contributed by atoms with E-state index in [4.69, 9.17) is 0 Å². The second-order valence-electron chi connectivity index (χ2n) is 8.83. The lowest BCUT2D eigenvalue weighted by atomic mass is 9.96. The van der Waals surface area contributed by atoms with Crippen LogP contribution in [0.2, 0.25) is 0 Å². The Bertz CT molecular complexity index is 827. The van der Waals surface area contributed by atoms with Crippen LogP contribution < -0.4 is 5.32 Å². The first-order valence-electron chi connectivity index (χ1n) is 11.6. The van der Waals surface area contributed by atoms with Gasteiger partial charge in [0.1, 0.15) is 0 Å². The molecule has 4 rings (SSSR count). The van der Waals surface area contributed by atoms with Crippen molar-refractivity contribution in [1.29, 1.82) is 0 Å². The van der Waals surface area contributed by atoms with E-state index < -0.39 is 0 Å². The highest BCUT2D eigenvalue weighted by Gasteiger charge is 2.20. The Labute approximate surface area is 181 Å². The zero-order valence-electron chi connectivity index (χ0n) is 18.3. The Morgan fingerprint density at radius 2 is 1.67 bits per heavy atom. The smallest absolute Gasteiger partial charge is 0.251 e. The topological polar surface area (TPSA) is 35.6 Å². The Balaban J connectivity index is 1.24. The number of rotatable bonds is 6. The zero-order valence-corrected chi connectivity index (χ0v) is 18.3. The van der Waals surface area contributed by atoms with Crippen LogP contribution in [0.4, 0.5) is 0 Å². The minimum absolute atomic E-state index is 0.0844. The average Bonchev–Trinajstić information content (AvgIpc) is 3.01. The van der Waals surface area contributed by atoms with Crippen LogP contribution in [-0.2, 0) is 19.4 Å². The highest BCUT2D eigenvalue weighted by molar-refractivity contribution is 5.94. The van der Waals surface area contributed by atoms with Gasteiger partial charge in [-0.3, -0.25) is 9.69 Å². The summed E-state index contributed by atoms with van der Waals surface area (Å²) in [5, 5.41) is 3.21. The number of benzene rings is 2. The second-order valence-corrected chi connectivity index (χ2v) is 8.83. The highest BCUT2D eigenvalue weighted by atomic mass is 16.1. The van der Waals surface area contributed by atoms with E-state index in [1.165, 1.54) is 16.7 Å². The fourth-order valence-corrected chi connectivity index (χ4v) is 4.76. The molecule has 1 saturated heterocycles. The molecule has 160 valence electrons. The molecule has 2 aromatic rings. The van der Waals surface area contributed by atoms with E-state index >= 15 is 0 Å². The molecular weight excluding hydrogens is 370 g/mol. The minimum Gasteiger partial charge on any atom is -0.352 e. The van der Waals surface area contributed by atoms with Gasteiger partial charge < -0.3 is 10.2 Å². The van der Waals surface area contributed by atoms with Gasteiger partial charge in [0, 0.05) is 31.7 Å². The number of nitrogens with one attached hydrogen (secondary N) is 1. The molecule has 1 amide bonds. The molecule has 0 aromatic heterocycles. The van der Waals surface area contributed by atoms with Crippen LogP contribution in [0.25, 0.3) is 0 Å². The Morgan fingerprint density at radius 1 is 0.933 bits per heavy atom. The first kappa shape index (κ1) is 21.1. The molecule has 0 spiro atoms. The number of hydrogen-bond acceptors (Lipinski definition) is 3. The third kappa shape index (κ3) is 5.50. The summed E-state index contributed by atoms with van der Waals surface area (Å²) < 4.78 is 0. The van der Waals surface area contributed by atoms with Crippen molar-refractivity contribution in [3.05, 3.63) is 70.8 Å². The lowest BCUT2D eigenvalue weighted by Gasteiger charge is -2.32. The summed E-state index contributed by atoms with van der Waals surface area (Å²) in [6.45, 7) is 9.59. The number of likely N-dealkylation sites (tertiary alicyclic amines) is 1. The van der Waals surface area contributed by atoms with Gasteiger partial charge in [-0.2, -0.15) is 0 Å². The van der Waals surface area contributed by atoms with E-state index in [0.717, 1.165) is 77.1 Å². The summed E-state index contributed by atoms with van der Waals surface area (Å²) in [5.74, 6) is 0.668. The van der Waals surface area contributed by atoms with E-state index in [1.54, 1.807) is 0 Å². The standard InChI is InChI=1S/C26H35N3O/c1-2-28-16-12-23-8-9-25(18-24(23)13-17-28)26(30)27-19-21-10-14-29(15-11-21)20-22-6-4-3-5-7-22/h3-9,18,21H,2,10-17,19-20H2,1H3,(H,27,30). The van der Waals surface area contributed by atoms with Gasteiger partial charge in [0.15, 0.2) is 0 Å². The van der Waals surface area contributed by atoms with Crippen molar-refractivity contribution in [2.45, 2.75) is 39.2 Å². The first-order valence-corrected chi connectivity index (χ1v) is 11.6. The lowest BCUT2D eigenvalue weighted by Crippen LogP contribution is -2.38. The molecule has 4 heteroatoms. The number of nitrogens with zero attached hydrogens (tertiary/aromatic N) is 2. The van der Waals surface area contributed by atoms with E-state index in [0.29, 0.717) is 5.92 Å². The molecule has 0 atom stereocenters. The summed E-state index contributed by atoms with van der Waals surface area (Å²) in [7, 11) is 0. The van der Waals surface area contributed by atoms with Crippen LogP contribution in [0.1, 0.15) is 46.8 Å². The van der Waals surface area contributed by atoms with Crippen molar-refractivity contribution in [3.8, 4) is 0 Å². The summed E-state index contributed by atoms with van der Waals surface area (Å²) in [6.07, 6.45) is 4.45. The number of likely N-dealkylation sites (N-methyl/N-ethyl adjacent to an activating group) is 1. The van der Waals surface area contributed by atoms with Crippen LogP contribution >= 0.6 is 0 Å². The van der Waals surface area contributed by atoms with Crippen LogP contribution in [0, 0.1) is 5.92 Å². The Kier molecular flexibility index (Phi) is 7.19. The molecule has 0 saturated carbocycles. The maximum absolute atomic E-state index is 12.8. The third-order valence-corrected chi connectivity index (χ3v) is 6.82. The predicted octanol–water partition coefficient (Wildman–Crippen LogP) is 3.75. The molecule has 0 unspecified atom stereocenters. The van der Waals surface area contributed by atoms with Gasteiger partial charge in [0.2, 0.25) is 0 Å². The SMILES string of the molecule is CCN1CCc2ccc(C(=O)NCC3CCN(Cc4ccccc4)CC3)cc2CC1. The average molecular weight is 406 g/mol. The summed E-state index contributed by atoms with van der Waals surface area (Å²) in [6, 6.07) is 17.0. The molecule has 2 aliphatic heterocycles. The van der Waals surface area contributed by atoms with Gasteiger partial charge >= 0.3 is 0 Å². The molecular formula is C26H35N3O. The molecule has 4 nitrogen and oxygen atoms in total. The second kappa shape index (κ2) is 10.2. The van der Waals surface area contributed by atoms with Crippen LogP contribution in [-0.4, -0.2) is 55.0 Å². The third-order valence-electron chi connectivity index (χ3n) is 6.82. The zero-order chi connectivity index (χ0) is 20.8. The van der Waals surface area contributed by atoms with Gasteiger partial charge in [-0.15, -0.1) is 0 Å². The van der Waals surface area contributed by atoms with Crippen LogP contribution in [0.5, 0.6) is 0 Å². The molecule has 2 heterocycles. The van der Waals surface area contributed by atoms with Gasteiger partial charge in [-0.05, 0) is 80.1 Å². The van der Waals surface area contributed by atoms with Crippen molar-refractivity contribution in [2.24, 2.45) is 5.92 Å². The molecule has 0 radical (unpaired) electrons. The Morgan fingerprint density at radius 3 is 2.40 bits per heavy atom. The van der Waals surface area contributed by atoms with Crippen molar-refractivity contribution in [2.75, 3.05) is 39.3 Å². The van der Waals surface area contributed by atoms with Gasteiger partial charge in [0.25, 0.3) is 5.91 Å². The molecule has 2 aliphatic rings. The van der Waals surface area contributed by atoms with E-state index in [-0.39, 0.29) is 5.91 Å². The summed E-state index contributed by atoms with van der Waals surface area (Å²) >= 11 is 0. The number of amides is 1. The first-order chi connectivity index (χ1) is 14.7. The van der Waals surface area contributed by atoms with Crippen molar-refractivity contribution >= 4 is 5.91 Å². The lowest BCUT2D eigenvalue weighted by molar-refractivity contribution is 0.0935. The highest BCUT2D eigenvalue weighted by Crippen LogP contribution is 2.20. The number of piperidine rings is 1. The predicted molar refractivity (Wildman–Crippen MR) is 123 cm³/mol. The van der Waals surface area contributed by atoms with Crippen molar-refractivity contribution < 1.29 is 4.79 Å². The fourth-order valence-electron chi connectivity index (χ4n) is 4.76. The van der Waals surface area contributed by atoms with E-state index in [2.05, 4.69) is 64.5 Å². The number of carbonyl (C=O) groups excluding carboxylic acids is 1. The number of carbonyl (C=O) groups is 1. The molecule has 2 aromatic carbocycles. The number of fused-ring (bicyclic) bond motifs is 1. The van der Waals surface area contributed by atoms with E-state index in [9.17, 15) is 4.79 Å². The van der Waals surface area contributed by atoms with Crippen molar-refractivity contribution in [1.82, 2.24) is 15.1 Å². The maximum Gasteiger partial charge on any atom is 0.251 e. The van der Waals surface area contributed by atoms with Gasteiger partial charge in [0.05, 0.1) is 0 Å². The molecule has 30 heavy (non-hydrogen) atoms. The van der Waals surface area contributed by atoms with E-state index in [1.807, 2.05) is 6.07 Å². The molecule has 0 aliphatic carbocycles. The normalized spacial score (nSPS) is 18.6. The summed E-state index contributed by atoms with van der Waals surface area (Å²) in [5.41, 5.74) is 4.97. The maximum atomic E-state index is 12.8. The molecule has 0 bridgehead atoms. The van der Waals surface area contributed by atoms with Gasteiger partial charge in [-0.1, -0.05) is 43.3 Å². The minimum atomic E-state index is 0.0844. The summed E-state index contributed by atoms with van der Waals surface area (Å²) in [4.78, 5) is 17.8. The quantitative estimate of drug-likeness (QED) is 0.795. The fraction of sp³-hybridized carbons (Fsp3) is 0.500. The number of hydrogen-bond donors (Lipinski definition) is 1. The van der Waals surface area contributed by atoms with Gasteiger partial charge in [-0.25, -0.2) is 0 Å².